The molecule has 0 atom stereocenters. The van der Waals surface area contributed by atoms with Crippen molar-refractivity contribution >= 4 is 15.9 Å². The molecular formula is C10H23N3O3S. The molecule has 0 radical (unpaired) electrons. The molecule has 0 rings (SSSR count). The highest BCUT2D eigenvalue weighted by Gasteiger charge is 2.17. The summed E-state index contributed by atoms with van der Waals surface area (Å²) in [5.74, 6) is -0.266. The van der Waals surface area contributed by atoms with Crippen LogP contribution in [0.1, 0.15) is 20.3 Å². The molecule has 7 heteroatoms. The van der Waals surface area contributed by atoms with E-state index in [4.69, 9.17) is 0 Å². The van der Waals surface area contributed by atoms with Gasteiger partial charge in [0.1, 0.15) is 0 Å². The van der Waals surface area contributed by atoms with E-state index in [0.29, 0.717) is 13.1 Å². The fourth-order valence-electron chi connectivity index (χ4n) is 1.17. The maximum absolute atomic E-state index is 11.4. The number of likely N-dealkylation sites (N-methyl/N-ethyl adjacent to an activating group) is 1. The largest absolute Gasteiger partial charge is 0.354 e. The smallest absolute Gasteiger partial charge is 0.235 e. The highest BCUT2D eigenvalue weighted by Crippen LogP contribution is 1.95. The zero-order chi connectivity index (χ0) is 13.3. The van der Waals surface area contributed by atoms with Gasteiger partial charge in [-0.15, -0.1) is 0 Å². The van der Waals surface area contributed by atoms with Gasteiger partial charge < -0.3 is 10.6 Å². The van der Waals surface area contributed by atoms with E-state index in [9.17, 15) is 13.2 Å². The Labute approximate surface area is 104 Å². The fraction of sp³-hybridized carbons (Fsp3) is 0.900. The quantitative estimate of drug-likeness (QED) is 0.545. The summed E-state index contributed by atoms with van der Waals surface area (Å²) in [6.45, 7) is 5.63. The van der Waals surface area contributed by atoms with Crippen molar-refractivity contribution in [2.45, 2.75) is 20.3 Å². The second-order valence-electron chi connectivity index (χ2n) is 3.76. The van der Waals surface area contributed by atoms with E-state index in [1.807, 2.05) is 0 Å². The minimum atomic E-state index is -3.28. The van der Waals surface area contributed by atoms with E-state index in [1.165, 1.54) is 7.05 Å². The number of carbonyl (C=O) groups excluding carboxylic acids is 1. The zero-order valence-corrected chi connectivity index (χ0v) is 11.6. The molecule has 0 aliphatic carbocycles. The molecule has 1 amide bonds. The van der Waals surface area contributed by atoms with Gasteiger partial charge in [-0.3, -0.25) is 4.79 Å². The summed E-state index contributed by atoms with van der Waals surface area (Å²) >= 11 is 0. The number of nitrogens with one attached hydrogen (secondary N) is 2. The summed E-state index contributed by atoms with van der Waals surface area (Å²) in [6, 6.07) is 0. The van der Waals surface area contributed by atoms with Crippen LogP contribution in [-0.2, 0) is 14.8 Å². The lowest BCUT2D eigenvalue weighted by Gasteiger charge is -2.15. The van der Waals surface area contributed by atoms with Gasteiger partial charge in [-0.2, -0.15) is 4.31 Å². The molecule has 0 saturated carbocycles. The summed E-state index contributed by atoms with van der Waals surface area (Å²) in [5.41, 5.74) is 0. The first-order chi connectivity index (χ1) is 7.94. The number of sulfonamides is 1. The molecule has 0 spiro atoms. The Bertz CT molecular complexity index is 317. The number of rotatable bonds is 9. The van der Waals surface area contributed by atoms with Gasteiger partial charge in [-0.05, 0) is 19.9 Å². The van der Waals surface area contributed by atoms with E-state index in [-0.39, 0.29) is 18.2 Å². The van der Waals surface area contributed by atoms with Gasteiger partial charge in [0.25, 0.3) is 0 Å². The Morgan fingerprint density at radius 3 is 2.35 bits per heavy atom. The third kappa shape index (κ3) is 7.30. The van der Waals surface area contributed by atoms with Crippen molar-refractivity contribution in [2.24, 2.45) is 0 Å². The van der Waals surface area contributed by atoms with Gasteiger partial charge >= 0.3 is 0 Å². The minimum absolute atomic E-state index is 0.00877. The standard InChI is InChI=1S/C10H23N3O3S/c1-4-6-11-7-8-12-10(14)9-13(3)17(15,16)5-2/h11H,4-9H2,1-3H3,(H,12,14). The third-order valence-electron chi connectivity index (χ3n) is 2.26. The Morgan fingerprint density at radius 1 is 1.18 bits per heavy atom. The molecule has 0 unspecified atom stereocenters. The van der Waals surface area contributed by atoms with Gasteiger partial charge in [0.2, 0.25) is 15.9 Å². The summed E-state index contributed by atoms with van der Waals surface area (Å²) in [5, 5.41) is 5.80. The maximum Gasteiger partial charge on any atom is 0.235 e. The lowest BCUT2D eigenvalue weighted by Crippen LogP contribution is -2.41. The van der Waals surface area contributed by atoms with E-state index in [1.54, 1.807) is 6.92 Å². The van der Waals surface area contributed by atoms with Gasteiger partial charge in [0.15, 0.2) is 0 Å². The molecule has 2 N–H and O–H groups in total. The molecule has 0 bridgehead atoms. The lowest BCUT2D eigenvalue weighted by molar-refractivity contribution is -0.121. The molecule has 0 saturated heterocycles. The molecule has 0 aromatic carbocycles. The van der Waals surface area contributed by atoms with Gasteiger partial charge in [0, 0.05) is 20.1 Å². The predicted molar refractivity (Wildman–Crippen MR) is 68.3 cm³/mol. The van der Waals surface area contributed by atoms with Crippen molar-refractivity contribution in [3.63, 3.8) is 0 Å². The summed E-state index contributed by atoms with van der Waals surface area (Å²) in [4.78, 5) is 11.4. The van der Waals surface area contributed by atoms with Crippen molar-refractivity contribution in [3.05, 3.63) is 0 Å². The van der Waals surface area contributed by atoms with Crippen LogP contribution in [0.3, 0.4) is 0 Å². The SMILES string of the molecule is CCCNCCNC(=O)CN(C)S(=O)(=O)CC. The van der Waals surface area contributed by atoms with E-state index in [2.05, 4.69) is 17.6 Å². The van der Waals surface area contributed by atoms with Crippen molar-refractivity contribution in [1.82, 2.24) is 14.9 Å². The summed E-state index contributed by atoms with van der Waals surface area (Å²) < 4.78 is 23.8. The second-order valence-corrected chi connectivity index (χ2v) is 6.12. The number of hydrogen-bond acceptors (Lipinski definition) is 4. The molecule has 0 aromatic heterocycles. The molecule has 102 valence electrons. The number of amides is 1. The summed E-state index contributed by atoms with van der Waals surface area (Å²) in [7, 11) is -1.87. The minimum Gasteiger partial charge on any atom is -0.354 e. The highest BCUT2D eigenvalue weighted by molar-refractivity contribution is 7.89. The lowest BCUT2D eigenvalue weighted by atomic mass is 10.4. The zero-order valence-electron chi connectivity index (χ0n) is 10.8. The average molecular weight is 265 g/mol. The second kappa shape index (κ2) is 8.43. The highest BCUT2D eigenvalue weighted by atomic mass is 32.2. The van der Waals surface area contributed by atoms with Crippen LogP contribution in [0.5, 0.6) is 0 Å². The topological polar surface area (TPSA) is 78.5 Å². The van der Waals surface area contributed by atoms with Crippen LogP contribution in [0.2, 0.25) is 0 Å². The molecule has 0 aromatic rings. The van der Waals surface area contributed by atoms with E-state index < -0.39 is 10.0 Å². The van der Waals surface area contributed by atoms with Crippen LogP contribution >= 0.6 is 0 Å². The number of hydrogen-bond donors (Lipinski definition) is 2. The van der Waals surface area contributed by atoms with Crippen LogP contribution in [0.15, 0.2) is 0 Å². The third-order valence-corrected chi connectivity index (χ3v) is 4.07. The van der Waals surface area contributed by atoms with Crippen LogP contribution < -0.4 is 10.6 Å². The average Bonchev–Trinajstić information content (AvgIpc) is 2.28. The summed E-state index contributed by atoms with van der Waals surface area (Å²) in [6.07, 6.45) is 1.05. The Kier molecular flexibility index (Phi) is 8.11. The van der Waals surface area contributed by atoms with Gasteiger partial charge in [-0.1, -0.05) is 6.92 Å². The first-order valence-corrected chi connectivity index (χ1v) is 7.46. The molecule has 0 fully saturated rings. The maximum atomic E-state index is 11.4. The fourth-order valence-corrected chi connectivity index (χ4v) is 1.92. The monoisotopic (exact) mass is 265 g/mol. The Morgan fingerprint density at radius 2 is 1.82 bits per heavy atom. The van der Waals surface area contributed by atoms with Crippen LogP contribution in [0.4, 0.5) is 0 Å². The van der Waals surface area contributed by atoms with Crippen LogP contribution in [0.25, 0.3) is 0 Å². The Hall–Kier alpha value is -0.660. The number of carbonyl (C=O) groups is 1. The van der Waals surface area contributed by atoms with Crippen molar-refractivity contribution in [1.29, 1.82) is 0 Å². The normalized spacial score (nSPS) is 11.8. The van der Waals surface area contributed by atoms with Gasteiger partial charge in [0.05, 0.1) is 12.3 Å². The van der Waals surface area contributed by atoms with Crippen molar-refractivity contribution in [2.75, 3.05) is 39.0 Å². The Balaban J connectivity index is 3.80. The van der Waals surface area contributed by atoms with Gasteiger partial charge in [-0.25, -0.2) is 8.42 Å². The van der Waals surface area contributed by atoms with E-state index in [0.717, 1.165) is 17.3 Å². The number of nitrogens with zero attached hydrogens (tertiary/aromatic N) is 1. The molecular weight excluding hydrogens is 242 g/mol. The molecule has 17 heavy (non-hydrogen) atoms. The van der Waals surface area contributed by atoms with Crippen molar-refractivity contribution in [3.8, 4) is 0 Å². The van der Waals surface area contributed by atoms with Crippen LogP contribution in [0, 0.1) is 0 Å². The predicted octanol–water partition coefficient (Wildman–Crippen LogP) is -0.616. The first kappa shape index (κ1) is 16.3. The first-order valence-electron chi connectivity index (χ1n) is 5.85. The molecule has 6 nitrogen and oxygen atoms in total. The molecule has 0 aliphatic rings. The van der Waals surface area contributed by atoms with E-state index >= 15 is 0 Å². The van der Waals surface area contributed by atoms with Crippen molar-refractivity contribution < 1.29 is 13.2 Å². The molecule has 0 aliphatic heterocycles. The van der Waals surface area contributed by atoms with Crippen LogP contribution in [-0.4, -0.2) is 57.6 Å². The molecule has 0 heterocycles.